The van der Waals surface area contributed by atoms with Gasteiger partial charge in [-0.1, -0.05) is 88.6 Å². The number of unbranched alkanes of at least 4 members (excludes halogenated alkanes) is 2. The minimum absolute atomic E-state index is 0.193. The Kier molecular flexibility index (Phi) is 5.61. The van der Waals surface area contributed by atoms with Gasteiger partial charge in [0.15, 0.2) is 0 Å². The molecule has 2 heteroatoms. The highest BCUT2D eigenvalue weighted by atomic mass is 16.1. The molecule has 1 N–H and O–H groups in total. The Bertz CT molecular complexity index is 860. The van der Waals surface area contributed by atoms with Crippen molar-refractivity contribution in [2.75, 3.05) is 0 Å². The van der Waals surface area contributed by atoms with Crippen LogP contribution in [0.4, 0.5) is 0 Å². The number of fused-ring (bicyclic) bond motifs is 1. The zero-order valence-electron chi connectivity index (χ0n) is 16.1. The van der Waals surface area contributed by atoms with Crippen molar-refractivity contribution in [3.8, 4) is 11.3 Å². The summed E-state index contributed by atoms with van der Waals surface area (Å²) < 4.78 is 0. The third kappa shape index (κ3) is 3.60. The summed E-state index contributed by atoms with van der Waals surface area (Å²) in [6.07, 6.45) is 5.70. The molecule has 0 radical (unpaired) electrons. The number of hydrogen-bond acceptors (Lipinski definition) is 1. The van der Waals surface area contributed by atoms with Crippen molar-refractivity contribution in [1.29, 1.82) is 0 Å². The van der Waals surface area contributed by atoms with Gasteiger partial charge in [0, 0.05) is 16.3 Å². The molecular weight excluding hydrogens is 318 g/mol. The Labute approximate surface area is 156 Å². The molecule has 0 saturated carbocycles. The Morgan fingerprint density at radius 2 is 1.69 bits per heavy atom. The minimum atomic E-state index is -0.401. The van der Waals surface area contributed by atoms with Crippen LogP contribution in [-0.2, 0) is 4.79 Å². The van der Waals surface area contributed by atoms with Crippen LogP contribution in [0.5, 0.6) is 0 Å². The fourth-order valence-corrected chi connectivity index (χ4v) is 3.93. The molecule has 0 aliphatic carbocycles. The van der Waals surface area contributed by atoms with E-state index in [4.69, 9.17) is 0 Å². The van der Waals surface area contributed by atoms with Crippen LogP contribution < -0.4 is 0 Å². The quantitative estimate of drug-likeness (QED) is 0.356. The Hall–Kier alpha value is -2.35. The molecule has 1 aromatic heterocycles. The first-order chi connectivity index (χ1) is 12.6. The number of para-hydroxylation sites is 1. The highest BCUT2D eigenvalue weighted by Crippen LogP contribution is 2.45. The highest BCUT2D eigenvalue weighted by Gasteiger charge is 2.34. The summed E-state index contributed by atoms with van der Waals surface area (Å²) in [6.45, 7) is 6.38. The molecular formula is C24H29NO. The Morgan fingerprint density at radius 3 is 2.38 bits per heavy atom. The normalized spacial score (nSPS) is 13.0. The first-order valence-electron chi connectivity index (χ1n) is 9.71. The molecule has 0 aliphatic heterocycles. The summed E-state index contributed by atoms with van der Waals surface area (Å²) in [7, 11) is 0. The average molecular weight is 348 g/mol. The van der Waals surface area contributed by atoms with Crippen molar-refractivity contribution < 1.29 is 4.79 Å². The van der Waals surface area contributed by atoms with Gasteiger partial charge in [-0.25, -0.2) is 0 Å². The van der Waals surface area contributed by atoms with Gasteiger partial charge in [-0.15, -0.1) is 0 Å². The van der Waals surface area contributed by atoms with E-state index in [1.807, 2.05) is 6.07 Å². The average Bonchev–Trinajstić information content (AvgIpc) is 3.05. The first kappa shape index (κ1) is 18.4. The van der Waals surface area contributed by atoms with E-state index in [-0.39, 0.29) is 5.92 Å². The van der Waals surface area contributed by atoms with Gasteiger partial charge in [0.25, 0.3) is 0 Å². The van der Waals surface area contributed by atoms with Crippen LogP contribution in [0.2, 0.25) is 0 Å². The Morgan fingerprint density at radius 1 is 1.00 bits per heavy atom. The lowest BCUT2D eigenvalue weighted by atomic mass is 9.72. The van der Waals surface area contributed by atoms with Crippen molar-refractivity contribution in [3.63, 3.8) is 0 Å². The molecule has 0 spiro atoms. The van der Waals surface area contributed by atoms with Crippen molar-refractivity contribution in [1.82, 2.24) is 4.98 Å². The summed E-state index contributed by atoms with van der Waals surface area (Å²) in [4.78, 5) is 15.6. The molecule has 1 atom stereocenters. The van der Waals surface area contributed by atoms with Gasteiger partial charge < -0.3 is 9.78 Å². The van der Waals surface area contributed by atoms with E-state index in [1.165, 1.54) is 29.4 Å². The minimum Gasteiger partial charge on any atom is -0.354 e. The predicted molar refractivity (Wildman–Crippen MR) is 110 cm³/mol. The lowest BCUT2D eigenvalue weighted by Gasteiger charge is -2.30. The van der Waals surface area contributed by atoms with Crippen LogP contribution in [0.3, 0.4) is 0 Å². The predicted octanol–water partition coefficient (Wildman–Crippen LogP) is 6.72. The lowest BCUT2D eigenvalue weighted by Crippen LogP contribution is -2.24. The number of benzene rings is 2. The van der Waals surface area contributed by atoms with Crippen LogP contribution in [0.25, 0.3) is 22.2 Å². The largest absolute Gasteiger partial charge is 0.354 e. The van der Waals surface area contributed by atoms with Gasteiger partial charge in [0.1, 0.15) is 6.29 Å². The molecule has 136 valence electrons. The SMILES string of the molecule is CCCCCC(c1c(-c2ccccc2)[nH]c2ccccc12)C(C)(C)C=O. The number of hydrogen-bond donors (Lipinski definition) is 1. The second-order valence-corrected chi connectivity index (χ2v) is 7.81. The zero-order valence-corrected chi connectivity index (χ0v) is 16.1. The number of rotatable bonds is 8. The molecule has 0 amide bonds. The molecule has 1 unspecified atom stereocenters. The van der Waals surface area contributed by atoms with E-state index >= 15 is 0 Å². The Balaban J connectivity index is 2.20. The van der Waals surface area contributed by atoms with Crippen LogP contribution in [0, 0.1) is 5.41 Å². The molecule has 0 aliphatic rings. The maximum atomic E-state index is 12.0. The summed E-state index contributed by atoms with van der Waals surface area (Å²) in [5.41, 5.74) is 4.37. The van der Waals surface area contributed by atoms with E-state index in [2.05, 4.69) is 74.3 Å². The van der Waals surface area contributed by atoms with Crippen molar-refractivity contribution in [2.45, 2.75) is 52.4 Å². The van der Waals surface area contributed by atoms with E-state index in [0.29, 0.717) is 0 Å². The smallest absolute Gasteiger partial charge is 0.126 e. The number of H-pyrrole nitrogens is 1. The number of carbonyl (C=O) groups is 1. The molecule has 2 nitrogen and oxygen atoms in total. The fraction of sp³-hybridized carbons (Fsp3) is 0.375. The highest BCUT2D eigenvalue weighted by molar-refractivity contribution is 5.92. The molecule has 3 rings (SSSR count). The third-order valence-electron chi connectivity index (χ3n) is 5.46. The van der Waals surface area contributed by atoms with E-state index in [1.54, 1.807) is 0 Å². The van der Waals surface area contributed by atoms with E-state index < -0.39 is 5.41 Å². The van der Waals surface area contributed by atoms with Crippen LogP contribution in [-0.4, -0.2) is 11.3 Å². The van der Waals surface area contributed by atoms with Crippen molar-refractivity contribution in [3.05, 3.63) is 60.2 Å². The van der Waals surface area contributed by atoms with Crippen LogP contribution >= 0.6 is 0 Å². The molecule has 0 fully saturated rings. The summed E-state index contributed by atoms with van der Waals surface area (Å²) in [5, 5.41) is 1.24. The summed E-state index contributed by atoms with van der Waals surface area (Å²) in [6, 6.07) is 18.9. The summed E-state index contributed by atoms with van der Waals surface area (Å²) >= 11 is 0. The number of aromatic amines is 1. The zero-order chi connectivity index (χ0) is 18.6. The monoisotopic (exact) mass is 347 g/mol. The second kappa shape index (κ2) is 7.90. The number of carbonyl (C=O) groups excluding carboxylic acids is 1. The number of aromatic nitrogens is 1. The van der Waals surface area contributed by atoms with E-state index in [0.717, 1.165) is 30.3 Å². The van der Waals surface area contributed by atoms with Gasteiger partial charge in [-0.05, 0) is 29.5 Å². The van der Waals surface area contributed by atoms with Gasteiger partial charge in [0.2, 0.25) is 0 Å². The van der Waals surface area contributed by atoms with Crippen molar-refractivity contribution >= 4 is 17.2 Å². The molecule has 26 heavy (non-hydrogen) atoms. The number of aldehydes is 1. The topological polar surface area (TPSA) is 32.9 Å². The van der Waals surface area contributed by atoms with Gasteiger partial charge in [0.05, 0.1) is 5.69 Å². The van der Waals surface area contributed by atoms with Crippen molar-refractivity contribution in [2.24, 2.45) is 5.41 Å². The van der Waals surface area contributed by atoms with E-state index in [9.17, 15) is 4.79 Å². The summed E-state index contributed by atoms with van der Waals surface area (Å²) in [5.74, 6) is 0.193. The second-order valence-electron chi connectivity index (χ2n) is 7.81. The van der Waals surface area contributed by atoms with Crippen LogP contribution in [0.15, 0.2) is 54.6 Å². The standard InChI is InChI=1S/C24H29NO/c1-4-5-7-15-20(24(2,3)17-26)22-19-14-10-11-16-21(19)25-23(22)18-12-8-6-9-13-18/h6,8-14,16-17,20,25H,4-5,7,15H2,1-3H3. The van der Waals surface area contributed by atoms with Gasteiger partial charge in [-0.3, -0.25) is 0 Å². The maximum Gasteiger partial charge on any atom is 0.126 e. The maximum absolute atomic E-state index is 12.0. The first-order valence-corrected chi connectivity index (χ1v) is 9.71. The lowest BCUT2D eigenvalue weighted by molar-refractivity contribution is -0.115. The number of nitrogens with one attached hydrogen (secondary N) is 1. The van der Waals surface area contributed by atoms with Crippen LogP contribution in [0.1, 0.15) is 57.9 Å². The van der Waals surface area contributed by atoms with Gasteiger partial charge >= 0.3 is 0 Å². The molecule has 2 aromatic carbocycles. The molecule has 3 aromatic rings. The molecule has 0 saturated heterocycles. The fourth-order valence-electron chi connectivity index (χ4n) is 3.93. The molecule has 0 bridgehead atoms. The van der Waals surface area contributed by atoms with Gasteiger partial charge in [-0.2, -0.15) is 0 Å². The molecule has 1 heterocycles. The third-order valence-corrected chi connectivity index (χ3v) is 5.46.